The number of carbonyl (C=O) groups excluding carboxylic acids is 1. The maximum Gasteiger partial charge on any atom is 0.236 e. The van der Waals surface area contributed by atoms with Crippen LogP contribution < -0.4 is 0 Å². The molecule has 0 aliphatic carbocycles. The van der Waals surface area contributed by atoms with Gasteiger partial charge < -0.3 is 10.0 Å². The molecule has 0 saturated carbocycles. The molecular weight excluding hydrogens is 180 g/mol. The van der Waals surface area contributed by atoms with Gasteiger partial charge in [-0.05, 0) is 19.8 Å². The molecule has 82 valence electrons. The second-order valence-electron chi connectivity index (χ2n) is 4.56. The van der Waals surface area contributed by atoms with E-state index >= 15 is 0 Å². The summed E-state index contributed by atoms with van der Waals surface area (Å²) in [6, 6.07) is 0. The van der Waals surface area contributed by atoms with Crippen molar-refractivity contribution in [2.45, 2.75) is 25.4 Å². The second-order valence-corrected chi connectivity index (χ2v) is 4.56. The van der Waals surface area contributed by atoms with E-state index < -0.39 is 5.60 Å². The van der Waals surface area contributed by atoms with Gasteiger partial charge >= 0.3 is 0 Å². The number of hydrogen-bond acceptors (Lipinski definition) is 3. The van der Waals surface area contributed by atoms with Gasteiger partial charge in [0.05, 0.1) is 12.1 Å². The maximum absolute atomic E-state index is 11.4. The molecule has 4 nitrogen and oxygen atoms in total. The van der Waals surface area contributed by atoms with E-state index in [4.69, 9.17) is 0 Å². The van der Waals surface area contributed by atoms with Crippen LogP contribution in [0.3, 0.4) is 0 Å². The third kappa shape index (κ3) is 3.27. The highest BCUT2D eigenvalue weighted by molar-refractivity contribution is 5.77. The van der Waals surface area contributed by atoms with Crippen molar-refractivity contribution in [2.75, 3.05) is 33.7 Å². The Labute approximate surface area is 85.5 Å². The van der Waals surface area contributed by atoms with Gasteiger partial charge in [-0.3, -0.25) is 9.69 Å². The number of likely N-dealkylation sites (tertiary alicyclic amines) is 1. The standard InChI is InChI=1S/C10H20N2O2/c1-10(14)4-6-12(7-5-10)8-9(13)11(2)3/h14H,4-8H2,1-3H3. The first-order valence-corrected chi connectivity index (χ1v) is 5.06. The summed E-state index contributed by atoms with van der Waals surface area (Å²) in [4.78, 5) is 15.1. The van der Waals surface area contributed by atoms with Gasteiger partial charge in [-0.2, -0.15) is 0 Å². The molecule has 1 N–H and O–H groups in total. The van der Waals surface area contributed by atoms with Crippen LogP contribution in [0, 0.1) is 0 Å². The van der Waals surface area contributed by atoms with E-state index in [1.165, 1.54) is 0 Å². The molecule has 0 radical (unpaired) electrons. The molecule has 1 amide bonds. The number of likely N-dealkylation sites (N-methyl/N-ethyl adjacent to an activating group) is 1. The highest BCUT2D eigenvalue weighted by Gasteiger charge is 2.28. The minimum absolute atomic E-state index is 0.131. The summed E-state index contributed by atoms with van der Waals surface area (Å²) in [7, 11) is 3.53. The number of rotatable bonds is 2. The quantitative estimate of drug-likeness (QED) is 0.678. The van der Waals surface area contributed by atoms with E-state index in [0.717, 1.165) is 25.9 Å². The first-order valence-electron chi connectivity index (χ1n) is 5.06. The Kier molecular flexibility index (Phi) is 3.50. The SMILES string of the molecule is CN(C)C(=O)CN1CCC(C)(O)CC1. The lowest BCUT2D eigenvalue weighted by atomic mass is 9.94. The van der Waals surface area contributed by atoms with E-state index in [1.54, 1.807) is 19.0 Å². The van der Waals surface area contributed by atoms with Crippen molar-refractivity contribution in [3.8, 4) is 0 Å². The molecule has 0 aromatic rings. The van der Waals surface area contributed by atoms with Crippen molar-refractivity contribution in [1.82, 2.24) is 9.80 Å². The highest BCUT2D eigenvalue weighted by atomic mass is 16.3. The van der Waals surface area contributed by atoms with Gasteiger partial charge in [0.1, 0.15) is 0 Å². The van der Waals surface area contributed by atoms with Crippen molar-refractivity contribution in [1.29, 1.82) is 0 Å². The summed E-state index contributed by atoms with van der Waals surface area (Å²) in [5, 5.41) is 9.71. The number of carbonyl (C=O) groups is 1. The zero-order valence-corrected chi connectivity index (χ0v) is 9.29. The zero-order valence-electron chi connectivity index (χ0n) is 9.29. The number of amides is 1. The molecule has 4 heteroatoms. The minimum atomic E-state index is -0.530. The van der Waals surface area contributed by atoms with Crippen LogP contribution >= 0.6 is 0 Å². The molecule has 0 aromatic carbocycles. The smallest absolute Gasteiger partial charge is 0.236 e. The topological polar surface area (TPSA) is 43.8 Å². The predicted molar refractivity (Wildman–Crippen MR) is 55.0 cm³/mol. The molecule has 14 heavy (non-hydrogen) atoms. The molecule has 0 spiro atoms. The number of piperidine rings is 1. The van der Waals surface area contributed by atoms with Crippen molar-refractivity contribution < 1.29 is 9.90 Å². The first-order chi connectivity index (χ1) is 6.41. The van der Waals surface area contributed by atoms with Crippen LogP contribution in [0.1, 0.15) is 19.8 Å². The summed E-state index contributed by atoms with van der Waals surface area (Å²) in [6.45, 7) is 3.96. The summed E-state index contributed by atoms with van der Waals surface area (Å²) < 4.78 is 0. The Morgan fingerprint density at radius 1 is 1.43 bits per heavy atom. The Bertz CT molecular complexity index is 204. The lowest BCUT2D eigenvalue weighted by Gasteiger charge is -2.35. The van der Waals surface area contributed by atoms with Gasteiger partial charge in [0.2, 0.25) is 5.91 Å². The van der Waals surface area contributed by atoms with Crippen LogP contribution in [0.25, 0.3) is 0 Å². The molecular formula is C10H20N2O2. The third-order valence-corrected chi connectivity index (χ3v) is 2.79. The van der Waals surface area contributed by atoms with Gasteiger partial charge in [0.25, 0.3) is 0 Å². The number of nitrogens with zero attached hydrogens (tertiary/aromatic N) is 2. The second kappa shape index (κ2) is 4.28. The summed E-state index contributed by atoms with van der Waals surface area (Å²) >= 11 is 0. The monoisotopic (exact) mass is 200 g/mol. The first kappa shape index (κ1) is 11.5. The maximum atomic E-state index is 11.4. The van der Waals surface area contributed by atoms with Crippen molar-refractivity contribution >= 4 is 5.91 Å². The summed E-state index contributed by atoms with van der Waals surface area (Å²) in [5.41, 5.74) is -0.530. The number of hydrogen-bond donors (Lipinski definition) is 1. The van der Waals surface area contributed by atoms with Crippen LogP contribution in [-0.2, 0) is 4.79 Å². The van der Waals surface area contributed by atoms with Crippen LogP contribution in [0.5, 0.6) is 0 Å². The average molecular weight is 200 g/mol. The van der Waals surface area contributed by atoms with E-state index in [-0.39, 0.29) is 5.91 Å². The van der Waals surface area contributed by atoms with Gasteiger partial charge in [-0.25, -0.2) is 0 Å². The van der Waals surface area contributed by atoms with E-state index in [2.05, 4.69) is 4.90 Å². The van der Waals surface area contributed by atoms with Crippen molar-refractivity contribution in [2.24, 2.45) is 0 Å². The molecule has 1 aliphatic heterocycles. The van der Waals surface area contributed by atoms with E-state index in [0.29, 0.717) is 6.54 Å². The third-order valence-electron chi connectivity index (χ3n) is 2.79. The molecule has 0 atom stereocenters. The fourth-order valence-electron chi connectivity index (χ4n) is 1.53. The molecule has 1 fully saturated rings. The van der Waals surface area contributed by atoms with Gasteiger partial charge in [0, 0.05) is 27.2 Å². The van der Waals surface area contributed by atoms with Crippen LogP contribution in [0.4, 0.5) is 0 Å². The summed E-state index contributed by atoms with van der Waals surface area (Å²) in [5.74, 6) is 0.131. The van der Waals surface area contributed by atoms with Crippen molar-refractivity contribution in [3.05, 3.63) is 0 Å². The predicted octanol–water partition coefficient (Wildman–Crippen LogP) is -0.0786. The zero-order chi connectivity index (χ0) is 10.8. The molecule has 1 heterocycles. The lowest BCUT2D eigenvalue weighted by molar-refractivity contribution is -0.131. The van der Waals surface area contributed by atoms with Crippen molar-refractivity contribution in [3.63, 3.8) is 0 Å². The average Bonchev–Trinajstić information content (AvgIpc) is 2.08. The lowest BCUT2D eigenvalue weighted by Crippen LogP contribution is -2.46. The molecule has 1 saturated heterocycles. The van der Waals surface area contributed by atoms with E-state index in [1.807, 2.05) is 6.92 Å². The highest BCUT2D eigenvalue weighted by Crippen LogP contribution is 2.20. The fraction of sp³-hybridized carbons (Fsp3) is 0.900. The molecule has 1 aliphatic rings. The summed E-state index contributed by atoms with van der Waals surface area (Å²) in [6.07, 6.45) is 1.52. The normalized spacial score (nSPS) is 22.0. The Morgan fingerprint density at radius 3 is 2.36 bits per heavy atom. The van der Waals surface area contributed by atoms with Crippen LogP contribution in [0.15, 0.2) is 0 Å². The minimum Gasteiger partial charge on any atom is -0.390 e. The number of aliphatic hydroxyl groups is 1. The van der Waals surface area contributed by atoms with Gasteiger partial charge in [-0.1, -0.05) is 0 Å². The fourth-order valence-corrected chi connectivity index (χ4v) is 1.53. The van der Waals surface area contributed by atoms with Gasteiger partial charge in [0.15, 0.2) is 0 Å². The Hall–Kier alpha value is -0.610. The molecule has 0 aromatic heterocycles. The Balaban J connectivity index is 2.33. The van der Waals surface area contributed by atoms with Crippen LogP contribution in [-0.4, -0.2) is 60.1 Å². The van der Waals surface area contributed by atoms with E-state index in [9.17, 15) is 9.90 Å². The molecule has 0 bridgehead atoms. The largest absolute Gasteiger partial charge is 0.390 e. The molecule has 1 rings (SSSR count). The Morgan fingerprint density at radius 2 is 1.93 bits per heavy atom. The van der Waals surface area contributed by atoms with Gasteiger partial charge in [-0.15, -0.1) is 0 Å². The van der Waals surface area contributed by atoms with Crippen LogP contribution in [0.2, 0.25) is 0 Å². The molecule has 0 unspecified atom stereocenters.